The second kappa shape index (κ2) is 6.32. The molecule has 0 spiro atoms. The van der Waals surface area contributed by atoms with Gasteiger partial charge in [-0.15, -0.1) is 0 Å². The highest BCUT2D eigenvalue weighted by Gasteiger charge is 2.30. The average molecular weight is 334 g/mol. The Balaban J connectivity index is 2.30. The quantitative estimate of drug-likeness (QED) is 0.513. The molecule has 2 N–H and O–H groups in total. The summed E-state index contributed by atoms with van der Waals surface area (Å²) in [6.07, 6.45) is 0. The van der Waals surface area contributed by atoms with Crippen LogP contribution >= 0.6 is 0 Å². The van der Waals surface area contributed by atoms with Crippen LogP contribution in [0.3, 0.4) is 0 Å². The van der Waals surface area contributed by atoms with Crippen LogP contribution in [-0.2, 0) is 6.54 Å². The van der Waals surface area contributed by atoms with Crippen LogP contribution < -0.4 is 5.32 Å². The lowest BCUT2D eigenvalue weighted by molar-refractivity contribution is 0.101. The van der Waals surface area contributed by atoms with E-state index in [1.807, 2.05) is 5.32 Å². The smallest absolute Gasteiger partial charge is 0.263 e. The number of carbonyl (C=O) groups is 1. The minimum absolute atomic E-state index is 0.115. The first-order valence-corrected chi connectivity index (χ1v) is 6.24. The van der Waals surface area contributed by atoms with Crippen molar-refractivity contribution in [2.75, 3.05) is 19.4 Å². The van der Waals surface area contributed by atoms with Gasteiger partial charge in [0.2, 0.25) is 5.82 Å². The summed E-state index contributed by atoms with van der Waals surface area (Å²) in [5.41, 5.74) is -0.999. The van der Waals surface area contributed by atoms with Gasteiger partial charge in [-0.1, -0.05) is 0 Å². The summed E-state index contributed by atoms with van der Waals surface area (Å²) >= 11 is 0. The molecule has 0 fully saturated rings. The number of anilines is 1. The number of halogens is 5. The third-order valence-corrected chi connectivity index (χ3v) is 2.80. The molecule has 1 aromatic carbocycles. The molecule has 23 heavy (non-hydrogen) atoms. The maximum absolute atomic E-state index is 13.5. The lowest BCUT2D eigenvalue weighted by Crippen LogP contribution is -2.19. The van der Waals surface area contributed by atoms with Gasteiger partial charge in [-0.2, -0.15) is 5.10 Å². The maximum atomic E-state index is 13.5. The van der Waals surface area contributed by atoms with Crippen molar-refractivity contribution in [1.82, 2.24) is 15.1 Å². The van der Waals surface area contributed by atoms with Crippen LogP contribution in [0.2, 0.25) is 0 Å². The highest BCUT2D eigenvalue weighted by molar-refractivity contribution is 6.04. The summed E-state index contributed by atoms with van der Waals surface area (Å²) in [7, 11) is 3.54. The third kappa shape index (κ3) is 3.31. The van der Waals surface area contributed by atoms with Crippen molar-refractivity contribution in [2.45, 2.75) is 6.54 Å². The van der Waals surface area contributed by atoms with E-state index in [0.29, 0.717) is 12.2 Å². The van der Waals surface area contributed by atoms with Gasteiger partial charge in [0, 0.05) is 12.6 Å². The Morgan fingerprint density at radius 3 is 2.13 bits per heavy atom. The largest absolute Gasteiger partial charge is 0.305 e. The number of hydrogen-bond acceptors (Lipinski definition) is 3. The minimum atomic E-state index is -2.33. The highest BCUT2D eigenvalue weighted by Crippen LogP contribution is 2.23. The van der Waals surface area contributed by atoms with Gasteiger partial charge in [-0.25, -0.2) is 22.0 Å². The average Bonchev–Trinajstić information content (AvgIpc) is 2.89. The molecule has 0 atom stereocenters. The molecular formula is C13H11F5N4O. The number of nitrogens with zero attached hydrogens (tertiary/aromatic N) is 2. The number of nitrogens with one attached hydrogen (secondary N) is 2. The first kappa shape index (κ1) is 16.9. The lowest BCUT2D eigenvalue weighted by atomic mass is 10.1. The molecule has 0 saturated heterocycles. The summed E-state index contributed by atoms with van der Waals surface area (Å²) in [5.74, 6) is -12.7. The minimum Gasteiger partial charge on any atom is -0.305 e. The van der Waals surface area contributed by atoms with Crippen LogP contribution in [0.25, 0.3) is 0 Å². The van der Waals surface area contributed by atoms with Crippen LogP contribution in [0.15, 0.2) is 6.07 Å². The molecule has 1 heterocycles. The van der Waals surface area contributed by atoms with Gasteiger partial charge in [-0.05, 0) is 14.1 Å². The molecule has 10 heteroatoms. The molecule has 2 rings (SSSR count). The van der Waals surface area contributed by atoms with E-state index in [9.17, 15) is 26.7 Å². The van der Waals surface area contributed by atoms with Gasteiger partial charge in [0.25, 0.3) is 5.91 Å². The van der Waals surface area contributed by atoms with Gasteiger partial charge in [0.1, 0.15) is 5.56 Å². The summed E-state index contributed by atoms with van der Waals surface area (Å²) in [4.78, 5) is 13.6. The van der Waals surface area contributed by atoms with E-state index >= 15 is 0 Å². The summed E-state index contributed by atoms with van der Waals surface area (Å²) in [5, 5.41) is 8.19. The van der Waals surface area contributed by atoms with Gasteiger partial charge in [0.15, 0.2) is 29.1 Å². The summed E-state index contributed by atoms with van der Waals surface area (Å²) in [6.45, 7) is 0.436. The zero-order valence-corrected chi connectivity index (χ0v) is 12.0. The van der Waals surface area contributed by atoms with Crippen LogP contribution in [0.1, 0.15) is 16.1 Å². The van der Waals surface area contributed by atoms with E-state index in [-0.39, 0.29) is 5.82 Å². The number of aromatic amines is 1. The normalized spacial score (nSPS) is 11.1. The van der Waals surface area contributed by atoms with Crippen molar-refractivity contribution < 1.29 is 26.7 Å². The molecule has 0 aliphatic heterocycles. The predicted octanol–water partition coefficient (Wildman–Crippen LogP) is 2.42. The van der Waals surface area contributed by atoms with Gasteiger partial charge in [-0.3, -0.25) is 9.89 Å². The van der Waals surface area contributed by atoms with E-state index in [1.165, 1.54) is 6.07 Å². The van der Waals surface area contributed by atoms with Gasteiger partial charge >= 0.3 is 0 Å². The molecule has 0 bridgehead atoms. The first-order chi connectivity index (χ1) is 10.7. The zero-order chi connectivity index (χ0) is 17.3. The summed E-state index contributed by atoms with van der Waals surface area (Å²) in [6, 6.07) is 1.37. The lowest BCUT2D eigenvalue weighted by Gasteiger charge is -2.07. The van der Waals surface area contributed by atoms with Crippen molar-refractivity contribution >= 4 is 11.7 Å². The molecule has 0 aliphatic carbocycles. The van der Waals surface area contributed by atoms with Crippen molar-refractivity contribution in [3.05, 3.63) is 46.4 Å². The van der Waals surface area contributed by atoms with E-state index < -0.39 is 40.6 Å². The number of hydrogen-bond donors (Lipinski definition) is 2. The van der Waals surface area contributed by atoms with Crippen molar-refractivity contribution in [3.8, 4) is 0 Å². The second-order valence-corrected chi connectivity index (χ2v) is 4.92. The van der Waals surface area contributed by atoms with Crippen LogP contribution in [0, 0.1) is 29.1 Å². The number of benzene rings is 1. The highest BCUT2D eigenvalue weighted by atomic mass is 19.2. The molecular weight excluding hydrogens is 323 g/mol. The Morgan fingerprint density at radius 2 is 1.61 bits per heavy atom. The van der Waals surface area contributed by atoms with Crippen molar-refractivity contribution in [3.63, 3.8) is 0 Å². The molecule has 1 amide bonds. The molecule has 1 aromatic heterocycles. The number of rotatable bonds is 4. The molecule has 124 valence electrons. The fourth-order valence-electron chi connectivity index (χ4n) is 1.83. The first-order valence-electron chi connectivity index (χ1n) is 6.24. The number of aromatic nitrogens is 2. The molecule has 0 unspecified atom stereocenters. The van der Waals surface area contributed by atoms with E-state index in [4.69, 9.17) is 0 Å². The van der Waals surface area contributed by atoms with Crippen molar-refractivity contribution in [1.29, 1.82) is 0 Å². The van der Waals surface area contributed by atoms with E-state index in [0.717, 1.165) is 0 Å². The third-order valence-electron chi connectivity index (χ3n) is 2.80. The fourth-order valence-corrected chi connectivity index (χ4v) is 1.83. The molecule has 0 radical (unpaired) electrons. The summed E-state index contributed by atoms with van der Waals surface area (Å²) < 4.78 is 66.1. The van der Waals surface area contributed by atoms with Crippen LogP contribution in [-0.4, -0.2) is 35.1 Å². The fraction of sp³-hybridized carbons (Fsp3) is 0.231. The van der Waals surface area contributed by atoms with Gasteiger partial charge in [0.05, 0.1) is 5.69 Å². The molecule has 0 aliphatic rings. The Kier molecular flexibility index (Phi) is 4.64. The Labute approximate surface area is 127 Å². The Bertz CT molecular complexity index is 730. The van der Waals surface area contributed by atoms with Gasteiger partial charge < -0.3 is 10.2 Å². The monoisotopic (exact) mass is 334 g/mol. The number of amides is 1. The van der Waals surface area contributed by atoms with Crippen molar-refractivity contribution in [2.24, 2.45) is 0 Å². The number of carbonyl (C=O) groups excluding carboxylic acids is 1. The second-order valence-electron chi connectivity index (χ2n) is 4.92. The maximum Gasteiger partial charge on any atom is 0.263 e. The molecule has 0 saturated carbocycles. The standard InChI is InChI=1S/C13H11F5N4O/c1-22(2)4-5-3-6(21-20-5)19-13(23)7-8(14)10(16)12(18)11(17)9(7)15/h3H,4H2,1-2H3,(H2,19,20,21,23). The molecule has 2 aromatic rings. The number of H-pyrrole nitrogens is 1. The Morgan fingerprint density at radius 1 is 1.09 bits per heavy atom. The zero-order valence-electron chi connectivity index (χ0n) is 12.0. The Hall–Kier alpha value is -2.49. The predicted molar refractivity (Wildman–Crippen MR) is 70.2 cm³/mol. The van der Waals surface area contributed by atoms with E-state index in [1.54, 1.807) is 19.0 Å². The van der Waals surface area contributed by atoms with Crippen LogP contribution in [0.5, 0.6) is 0 Å². The SMILES string of the molecule is CN(C)Cc1cc(NC(=O)c2c(F)c(F)c(F)c(F)c2F)n[nH]1. The molecule has 5 nitrogen and oxygen atoms in total. The topological polar surface area (TPSA) is 61.0 Å². The van der Waals surface area contributed by atoms with Crippen LogP contribution in [0.4, 0.5) is 27.8 Å². The van der Waals surface area contributed by atoms with E-state index in [2.05, 4.69) is 10.2 Å².